The Morgan fingerprint density at radius 1 is 1.27 bits per heavy atom. The first-order valence-electron chi connectivity index (χ1n) is 7.45. The van der Waals surface area contributed by atoms with Crippen LogP contribution in [0.4, 0.5) is 5.82 Å². The SMILES string of the molecule is Nc1cccc(-c2ccc(C(=O)NC[C@@H]3CCCO3)cc2)n1. The fraction of sp³-hybridized carbons (Fsp3) is 0.294. The van der Waals surface area contributed by atoms with E-state index in [1.165, 1.54) is 0 Å². The third kappa shape index (κ3) is 3.43. The Balaban J connectivity index is 1.64. The van der Waals surface area contributed by atoms with Gasteiger partial charge in [0.2, 0.25) is 0 Å². The van der Waals surface area contributed by atoms with Crippen LogP contribution in [-0.4, -0.2) is 30.1 Å². The maximum Gasteiger partial charge on any atom is 0.251 e. The number of nitrogens with one attached hydrogen (secondary N) is 1. The Hall–Kier alpha value is -2.40. The summed E-state index contributed by atoms with van der Waals surface area (Å²) >= 11 is 0. The number of hydrogen-bond acceptors (Lipinski definition) is 4. The molecule has 1 fully saturated rings. The summed E-state index contributed by atoms with van der Waals surface area (Å²) in [6.45, 7) is 1.36. The van der Waals surface area contributed by atoms with E-state index in [0.717, 1.165) is 30.7 Å². The molecular weight excluding hydrogens is 278 g/mol. The molecule has 114 valence electrons. The van der Waals surface area contributed by atoms with Crippen LogP contribution in [-0.2, 0) is 4.74 Å². The lowest BCUT2D eigenvalue weighted by Crippen LogP contribution is -2.31. The van der Waals surface area contributed by atoms with Crippen molar-refractivity contribution >= 4 is 11.7 Å². The van der Waals surface area contributed by atoms with Gasteiger partial charge in [-0.15, -0.1) is 0 Å². The molecule has 2 heterocycles. The molecule has 0 radical (unpaired) electrons. The lowest BCUT2D eigenvalue weighted by molar-refractivity contribution is 0.0858. The molecule has 3 rings (SSSR count). The maximum atomic E-state index is 12.1. The molecule has 0 unspecified atom stereocenters. The summed E-state index contributed by atoms with van der Waals surface area (Å²) < 4.78 is 5.49. The van der Waals surface area contributed by atoms with Gasteiger partial charge in [-0.25, -0.2) is 4.98 Å². The van der Waals surface area contributed by atoms with Gasteiger partial charge in [-0.2, -0.15) is 0 Å². The maximum absolute atomic E-state index is 12.1. The largest absolute Gasteiger partial charge is 0.384 e. The molecule has 1 saturated heterocycles. The quantitative estimate of drug-likeness (QED) is 0.907. The number of nitrogens with two attached hydrogens (primary N) is 1. The van der Waals surface area contributed by atoms with E-state index in [9.17, 15) is 4.79 Å². The molecule has 2 aromatic rings. The van der Waals surface area contributed by atoms with E-state index in [1.807, 2.05) is 24.3 Å². The number of rotatable bonds is 4. The van der Waals surface area contributed by atoms with E-state index < -0.39 is 0 Å². The molecular formula is C17H19N3O2. The van der Waals surface area contributed by atoms with Crippen LogP contribution in [0.25, 0.3) is 11.3 Å². The van der Waals surface area contributed by atoms with Crippen LogP contribution in [0.15, 0.2) is 42.5 Å². The summed E-state index contributed by atoms with van der Waals surface area (Å²) in [5.41, 5.74) is 8.05. The lowest BCUT2D eigenvalue weighted by Gasteiger charge is -2.11. The zero-order chi connectivity index (χ0) is 15.4. The number of benzene rings is 1. The molecule has 22 heavy (non-hydrogen) atoms. The summed E-state index contributed by atoms with van der Waals surface area (Å²) in [6.07, 6.45) is 2.24. The Morgan fingerprint density at radius 3 is 2.77 bits per heavy atom. The van der Waals surface area contributed by atoms with Crippen molar-refractivity contribution in [2.24, 2.45) is 0 Å². The van der Waals surface area contributed by atoms with E-state index in [-0.39, 0.29) is 12.0 Å². The standard InChI is InChI=1S/C17H19N3O2/c18-16-5-1-4-15(20-16)12-6-8-13(9-7-12)17(21)19-11-14-3-2-10-22-14/h1,4-9,14H,2-3,10-11H2,(H2,18,20)(H,19,21)/t14-/m0/s1. The lowest BCUT2D eigenvalue weighted by atomic mass is 10.1. The predicted octanol–water partition coefficient (Wildman–Crippen LogP) is 2.24. The van der Waals surface area contributed by atoms with Crippen LogP contribution in [0.5, 0.6) is 0 Å². The number of pyridine rings is 1. The van der Waals surface area contributed by atoms with Gasteiger partial charge in [0.15, 0.2) is 0 Å². The summed E-state index contributed by atoms with van der Waals surface area (Å²) in [4.78, 5) is 16.4. The van der Waals surface area contributed by atoms with E-state index in [4.69, 9.17) is 10.5 Å². The van der Waals surface area contributed by atoms with Gasteiger partial charge in [-0.1, -0.05) is 18.2 Å². The van der Waals surface area contributed by atoms with Crippen LogP contribution in [0.3, 0.4) is 0 Å². The average Bonchev–Trinajstić information content (AvgIpc) is 3.06. The number of carbonyl (C=O) groups excluding carboxylic acids is 1. The minimum Gasteiger partial charge on any atom is -0.384 e. The first kappa shape index (κ1) is 14.5. The summed E-state index contributed by atoms with van der Waals surface area (Å²) in [7, 11) is 0. The number of ether oxygens (including phenoxy) is 1. The molecule has 3 N–H and O–H groups in total. The van der Waals surface area contributed by atoms with Gasteiger partial charge in [0.05, 0.1) is 11.8 Å². The normalized spacial score (nSPS) is 17.4. The van der Waals surface area contributed by atoms with Crippen molar-refractivity contribution in [3.05, 3.63) is 48.0 Å². The second-order valence-electron chi connectivity index (χ2n) is 5.37. The molecule has 1 amide bonds. The number of nitrogen functional groups attached to an aromatic ring is 1. The van der Waals surface area contributed by atoms with E-state index >= 15 is 0 Å². The summed E-state index contributed by atoms with van der Waals surface area (Å²) in [6, 6.07) is 12.8. The molecule has 0 aliphatic carbocycles. The van der Waals surface area contributed by atoms with Gasteiger partial charge in [0, 0.05) is 24.3 Å². The molecule has 0 saturated carbocycles. The highest BCUT2D eigenvalue weighted by Gasteiger charge is 2.16. The molecule has 1 aromatic heterocycles. The zero-order valence-corrected chi connectivity index (χ0v) is 12.3. The van der Waals surface area contributed by atoms with Crippen molar-refractivity contribution < 1.29 is 9.53 Å². The number of amides is 1. The highest BCUT2D eigenvalue weighted by atomic mass is 16.5. The number of nitrogens with zero attached hydrogens (tertiary/aromatic N) is 1. The highest BCUT2D eigenvalue weighted by Crippen LogP contribution is 2.18. The molecule has 1 aliphatic rings. The predicted molar refractivity (Wildman–Crippen MR) is 85.4 cm³/mol. The smallest absolute Gasteiger partial charge is 0.251 e. The fourth-order valence-corrected chi connectivity index (χ4v) is 2.52. The Kier molecular flexibility index (Phi) is 4.34. The van der Waals surface area contributed by atoms with Crippen molar-refractivity contribution in [2.75, 3.05) is 18.9 Å². The monoisotopic (exact) mass is 297 g/mol. The highest BCUT2D eigenvalue weighted by molar-refractivity contribution is 5.94. The molecule has 5 nitrogen and oxygen atoms in total. The number of carbonyl (C=O) groups is 1. The van der Waals surface area contributed by atoms with Gasteiger partial charge in [0.25, 0.3) is 5.91 Å². The Morgan fingerprint density at radius 2 is 2.09 bits per heavy atom. The Labute approximate surface area is 129 Å². The Bertz CT molecular complexity index is 649. The second kappa shape index (κ2) is 6.58. The summed E-state index contributed by atoms with van der Waals surface area (Å²) in [5, 5.41) is 2.91. The van der Waals surface area contributed by atoms with Crippen LogP contribution < -0.4 is 11.1 Å². The van der Waals surface area contributed by atoms with E-state index in [2.05, 4.69) is 10.3 Å². The van der Waals surface area contributed by atoms with Crippen molar-refractivity contribution in [3.63, 3.8) is 0 Å². The fourth-order valence-electron chi connectivity index (χ4n) is 2.52. The van der Waals surface area contributed by atoms with Crippen LogP contribution in [0, 0.1) is 0 Å². The van der Waals surface area contributed by atoms with Gasteiger partial charge >= 0.3 is 0 Å². The van der Waals surface area contributed by atoms with E-state index in [0.29, 0.717) is 17.9 Å². The molecule has 0 bridgehead atoms. The van der Waals surface area contributed by atoms with Crippen molar-refractivity contribution in [2.45, 2.75) is 18.9 Å². The number of anilines is 1. The second-order valence-corrected chi connectivity index (χ2v) is 5.37. The topological polar surface area (TPSA) is 77.2 Å². The first-order chi connectivity index (χ1) is 10.7. The van der Waals surface area contributed by atoms with E-state index in [1.54, 1.807) is 18.2 Å². The van der Waals surface area contributed by atoms with Crippen LogP contribution >= 0.6 is 0 Å². The molecule has 1 atom stereocenters. The van der Waals surface area contributed by atoms with Crippen molar-refractivity contribution in [1.82, 2.24) is 10.3 Å². The van der Waals surface area contributed by atoms with Crippen LogP contribution in [0.2, 0.25) is 0 Å². The third-order valence-electron chi connectivity index (χ3n) is 3.73. The van der Waals surface area contributed by atoms with Crippen LogP contribution in [0.1, 0.15) is 23.2 Å². The average molecular weight is 297 g/mol. The van der Waals surface area contributed by atoms with Gasteiger partial charge < -0.3 is 15.8 Å². The van der Waals surface area contributed by atoms with Gasteiger partial charge in [-0.05, 0) is 37.1 Å². The minimum absolute atomic E-state index is 0.0809. The number of aromatic nitrogens is 1. The van der Waals surface area contributed by atoms with Crippen molar-refractivity contribution in [1.29, 1.82) is 0 Å². The summed E-state index contributed by atoms with van der Waals surface area (Å²) in [5.74, 6) is 0.401. The zero-order valence-electron chi connectivity index (χ0n) is 12.3. The molecule has 5 heteroatoms. The molecule has 1 aliphatic heterocycles. The molecule has 1 aromatic carbocycles. The third-order valence-corrected chi connectivity index (χ3v) is 3.73. The number of hydrogen-bond donors (Lipinski definition) is 2. The van der Waals surface area contributed by atoms with Gasteiger partial charge in [-0.3, -0.25) is 4.79 Å². The minimum atomic E-state index is -0.0809. The molecule has 0 spiro atoms. The first-order valence-corrected chi connectivity index (χ1v) is 7.45. The van der Waals surface area contributed by atoms with Gasteiger partial charge in [0.1, 0.15) is 5.82 Å². The van der Waals surface area contributed by atoms with Crippen molar-refractivity contribution in [3.8, 4) is 11.3 Å².